The fourth-order valence-corrected chi connectivity index (χ4v) is 2.61. The predicted octanol–water partition coefficient (Wildman–Crippen LogP) is 2.85. The molecule has 0 bridgehead atoms. The molecule has 1 heterocycles. The van der Waals surface area contributed by atoms with Crippen molar-refractivity contribution < 1.29 is 18.6 Å². The van der Waals surface area contributed by atoms with Crippen molar-refractivity contribution in [2.24, 2.45) is 0 Å². The molecule has 1 atom stereocenters. The van der Waals surface area contributed by atoms with Gasteiger partial charge in [0.2, 0.25) is 0 Å². The summed E-state index contributed by atoms with van der Waals surface area (Å²) in [5.41, 5.74) is 0.783. The zero-order chi connectivity index (χ0) is 15.4. The minimum Gasteiger partial charge on any atom is -0.386 e. The number of aromatic nitrogens is 2. The van der Waals surface area contributed by atoms with E-state index >= 15 is 0 Å². The lowest BCUT2D eigenvalue weighted by molar-refractivity contribution is 0.152. The summed E-state index contributed by atoms with van der Waals surface area (Å²) in [5.74, 6) is -1.31. The molecule has 0 aliphatic heterocycles. The van der Waals surface area contributed by atoms with E-state index in [1.165, 1.54) is 12.1 Å². The summed E-state index contributed by atoms with van der Waals surface area (Å²) in [6, 6.07) is 3.30. The van der Waals surface area contributed by atoms with Crippen LogP contribution in [0.25, 0.3) is 0 Å². The minimum atomic E-state index is -0.960. The third kappa shape index (κ3) is 3.87. The number of nitrogens with zero attached hydrogens (tertiary/aromatic N) is 2. The lowest BCUT2D eigenvalue weighted by atomic mass is 10.0. The van der Waals surface area contributed by atoms with Gasteiger partial charge in [-0.2, -0.15) is 5.10 Å². The average Bonchev–Trinajstić information content (AvgIpc) is 2.80. The standard InChI is InChI=1S/C14H15BrF2N2O2/c1-21-5-4-19-14(11(15)8-18-19)13(20)6-9-2-3-10(16)7-12(9)17/h2-3,7-8,13,20H,4-6H2,1H3. The molecule has 7 heteroatoms. The van der Waals surface area contributed by atoms with Gasteiger partial charge in [0.25, 0.3) is 0 Å². The highest BCUT2D eigenvalue weighted by Gasteiger charge is 2.19. The second-order valence-corrected chi connectivity index (χ2v) is 5.40. The van der Waals surface area contributed by atoms with Crippen molar-refractivity contribution in [3.8, 4) is 0 Å². The first-order valence-corrected chi connectivity index (χ1v) is 7.14. The third-order valence-corrected chi connectivity index (χ3v) is 3.70. The molecule has 0 aliphatic rings. The lowest BCUT2D eigenvalue weighted by Crippen LogP contribution is -2.14. The van der Waals surface area contributed by atoms with Crippen molar-refractivity contribution in [2.45, 2.75) is 19.1 Å². The number of benzene rings is 1. The summed E-state index contributed by atoms with van der Waals surface area (Å²) < 4.78 is 33.7. The van der Waals surface area contributed by atoms with E-state index in [9.17, 15) is 13.9 Å². The van der Waals surface area contributed by atoms with Gasteiger partial charge in [0, 0.05) is 19.6 Å². The molecule has 2 aromatic rings. The molecule has 0 amide bonds. The zero-order valence-electron chi connectivity index (χ0n) is 11.4. The van der Waals surface area contributed by atoms with Gasteiger partial charge in [0.05, 0.1) is 29.5 Å². The largest absolute Gasteiger partial charge is 0.386 e. The molecule has 1 aromatic heterocycles. The maximum Gasteiger partial charge on any atom is 0.129 e. The number of rotatable bonds is 6. The van der Waals surface area contributed by atoms with Gasteiger partial charge >= 0.3 is 0 Å². The molecule has 0 radical (unpaired) electrons. The van der Waals surface area contributed by atoms with Crippen molar-refractivity contribution >= 4 is 15.9 Å². The first-order valence-electron chi connectivity index (χ1n) is 6.35. The van der Waals surface area contributed by atoms with Crippen LogP contribution in [0.1, 0.15) is 17.4 Å². The predicted molar refractivity (Wildman–Crippen MR) is 76.8 cm³/mol. The Morgan fingerprint density at radius 1 is 1.43 bits per heavy atom. The first-order chi connectivity index (χ1) is 10.0. The van der Waals surface area contributed by atoms with E-state index in [1.807, 2.05) is 0 Å². The second kappa shape index (κ2) is 7.11. The van der Waals surface area contributed by atoms with E-state index in [0.29, 0.717) is 23.3 Å². The summed E-state index contributed by atoms with van der Waals surface area (Å²) in [5, 5.41) is 14.5. The Hall–Kier alpha value is -1.31. The van der Waals surface area contributed by atoms with Crippen LogP contribution in [-0.4, -0.2) is 28.6 Å². The number of aliphatic hydroxyl groups excluding tert-OH is 1. The van der Waals surface area contributed by atoms with Gasteiger partial charge < -0.3 is 9.84 Å². The Bertz CT molecular complexity index is 619. The molecular weight excluding hydrogens is 346 g/mol. The van der Waals surface area contributed by atoms with Crippen LogP contribution in [0, 0.1) is 11.6 Å². The molecule has 114 valence electrons. The van der Waals surface area contributed by atoms with Crippen molar-refractivity contribution in [3.63, 3.8) is 0 Å². The minimum absolute atomic E-state index is 0.0311. The topological polar surface area (TPSA) is 47.3 Å². The van der Waals surface area contributed by atoms with Gasteiger partial charge in [-0.3, -0.25) is 4.68 Å². The first kappa shape index (κ1) is 16.1. The van der Waals surface area contributed by atoms with E-state index in [2.05, 4.69) is 21.0 Å². The van der Waals surface area contributed by atoms with Crippen LogP contribution in [0.15, 0.2) is 28.9 Å². The molecule has 0 saturated heterocycles. The molecule has 0 saturated carbocycles. The maximum atomic E-state index is 13.7. The Balaban J connectivity index is 2.19. The van der Waals surface area contributed by atoms with E-state index in [1.54, 1.807) is 18.0 Å². The Morgan fingerprint density at radius 2 is 2.19 bits per heavy atom. The highest BCUT2D eigenvalue weighted by molar-refractivity contribution is 9.10. The van der Waals surface area contributed by atoms with Crippen molar-refractivity contribution in [2.75, 3.05) is 13.7 Å². The van der Waals surface area contributed by atoms with Crippen molar-refractivity contribution in [1.82, 2.24) is 9.78 Å². The van der Waals surface area contributed by atoms with E-state index in [-0.39, 0.29) is 12.0 Å². The highest BCUT2D eigenvalue weighted by atomic mass is 79.9. The molecule has 1 N–H and O–H groups in total. The van der Waals surface area contributed by atoms with E-state index in [0.717, 1.165) is 6.07 Å². The Labute approximate surface area is 129 Å². The summed E-state index contributed by atoms with van der Waals surface area (Å²) in [6.07, 6.45) is 0.636. The van der Waals surface area contributed by atoms with Crippen LogP contribution in [0.2, 0.25) is 0 Å². The molecule has 1 aromatic carbocycles. The van der Waals surface area contributed by atoms with Crippen molar-refractivity contribution in [3.05, 3.63) is 51.8 Å². The summed E-state index contributed by atoms with van der Waals surface area (Å²) >= 11 is 3.32. The fourth-order valence-electron chi connectivity index (χ4n) is 2.05. The molecule has 4 nitrogen and oxygen atoms in total. The Kier molecular flexibility index (Phi) is 5.44. The van der Waals surface area contributed by atoms with Gasteiger partial charge in [-0.15, -0.1) is 0 Å². The number of methoxy groups -OCH3 is 1. The molecule has 0 spiro atoms. The highest BCUT2D eigenvalue weighted by Crippen LogP contribution is 2.27. The zero-order valence-corrected chi connectivity index (χ0v) is 13.0. The number of ether oxygens (including phenoxy) is 1. The molecule has 2 rings (SSSR count). The van der Waals surface area contributed by atoms with Crippen molar-refractivity contribution in [1.29, 1.82) is 0 Å². The second-order valence-electron chi connectivity index (χ2n) is 4.55. The summed E-state index contributed by atoms with van der Waals surface area (Å²) in [6.45, 7) is 0.916. The number of hydrogen-bond donors (Lipinski definition) is 1. The monoisotopic (exact) mass is 360 g/mol. The molecule has 0 aliphatic carbocycles. The van der Waals surface area contributed by atoms with Crippen LogP contribution in [0.5, 0.6) is 0 Å². The number of hydrogen-bond acceptors (Lipinski definition) is 3. The molecule has 1 unspecified atom stereocenters. The van der Waals surface area contributed by atoms with Crippen LogP contribution < -0.4 is 0 Å². The maximum absolute atomic E-state index is 13.7. The van der Waals surface area contributed by atoms with E-state index < -0.39 is 17.7 Å². The fraction of sp³-hybridized carbons (Fsp3) is 0.357. The summed E-state index contributed by atoms with van der Waals surface area (Å²) in [7, 11) is 1.57. The SMILES string of the molecule is COCCn1ncc(Br)c1C(O)Cc1ccc(F)cc1F. The third-order valence-electron chi connectivity index (χ3n) is 3.08. The van der Waals surface area contributed by atoms with Crippen LogP contribution in [0.3, 0.4) is 0 Å². The smallest absolute Gasteiger partial charge is 0.129 e. The summed E-state index contributed by atoms with van der Waals surface area (Å²) in [4.78, 5) is 0. The van der Waals surface area contributed by atoms with Crippen LogP contribution in [-0.2, 0) is 17.7 Å². The van der Waals surface area contributed by atoms with Gasteiger partial charge in [-0.25, -0.2) is 8.78 Å². The van der Waals surface area contributed by atoms with Gasteiger partial charge in [-0.05, 0) is 27.6 Å². The van der Waals surface area contributed by atoms with Crippen LogP contribution in [0.4, 0.5) is 8.78 Å². The molecule has 21 heavy (non-hydrogen) atoms. The quantitative estimate of drug-likeness (QED) is 0.861. The van der Waals surface area contributed by atoms with Crippen LogP contribution >= 0.6 is 15.9 Å². The normalized spacial score (nSPS) is 12.6. The van der Waals surface area contributed by atoms with E-state index in [4.69, 9.17) is 4.74 Å². The Morgan fingerprint density at radius 3 is 2.86 bits per heavy atom. The van der Waals surface area contributed by atoms with Gasteiger partial charge in [-0.1, -0.05) is 6.07 Å². The number of aliphatic hydroxyl groups is 1. The number of halogens is 3. The van der Waals surface area contributed by atoms with Gasteiger partial charge in [0.1, 0.15) is 17.7 Å². The molecule has 0 fully saturated rings. The molecular formula is C14H15BrF2N2O2. The lowest BCUT2D eigenvalue weighted by Gasteiger charge is -2.14. The average molecular weight is 361 g/mol. The van der Waals surface area contributed by atoms with Gasteiger partial charge in [0.15, 0.2) is 0 Å².